The lowest BCUT2D eigenvalue weighted by molar-refractivity contribution is -0.384. The number of aromatic nitrogens is 2. The lowest BCUT2D eigenvalue weighted by Crippen LogP contribution is -2.47. The summed E-state index contributed by atoms with van der Waals surface area (Å²) in [7, 11) is 0. The number of non-ortho nitro benzene ring substituents is 1. The molecule has 1 aromatic carbocycles. The molecule has 0 spiro atoms. The molecule has 0 saturated carbocycles. The number of nitrogens with zero attached hydrogens (tertiary/aromatic N) is 5. The summed E-state index contributed by atoms with van der Waals surface area (Å²) in [6, 6.07) is 10.1. The van der Waals surface area contributed by atoms with Crippen molar-refractivity contribution in [1.29, 1.82) is 0 Å². The molecule has 0 radical (unpaired) electrons. The van der Waals surface area contributed by atoms with Crippen LogP contribution in [-0.2, 0) is 11.3 Å². The fraction of sp³-hybridized carbons (Fsp3) is 0.300. The zero-order valence-corrected chi connectivity index (χ0v) is 16.1. The molecule has 1 aliphatic rings. The van der Waals surface area contributed by atoms with Crippen LogP contribution >= 0.6 is 0 Å². The van der Waals surface area contributed by atoms with Gasteiger partial charge >= 0.3 is 0 Å². The van der Waals surface area contributed by atoms with Crippen molar-refractivity contribution in [3.8, 4) is 11.3 Å². The van der Waals surface area contributed by atoms with Crippen molar-refractivity contribution in [1.82, 2.24) is 19.2 Å². The number of imidazole rings is 1. The number of nitrogen functional groups attached to an aromatic ring is 1. The smallest absolute Gasteiger partial charge is 0.270 e. The van der Waals surface area contributed by atoms with Crippen LogP contribution in [0.1, 0.15) is 12.6 Å². The molecule has 1 amide bonds. The van der Waals surface area contributed by atoms with Gasteiger partial charge in [0.2, 0.25) is 5.91 Å². The van der Waals surface area contributed by atoms with Gasteiger partial charge in [0, 0.05) is 69.2 Å². The van der Waals surface area contributed by atoms with E-state index in [9.17, 15) is 14.9 Å². The molecule has 9 nitrogen and oxygen atoms in total. The quantitative estimate of drug-likeness (QED) is 0.536. The van der Waals surface area contributed by atoms with Gasteiger partial charge in [0.05, 0.1) is 16.3 Å². The van der Waals surface area contributed by atoms with Crippen molar-refractivity contribution >= 4 is 22.9 Å². The predicted octanol–water partition coefficient (Wildman–Crippen LogP) is 2.16. The lowest BCUT2D eigenvalue weighted by Gasteiger charge is -2.34. The van der Waals surface area contributed by atoms with Crippen molar-refractivity contribution in [2.24, 2.45) is 0 Å². The monoisotopic (exact) mass is 394 g/mol. The van der Waals surface area contributed by atoms with E-state index in [4.69, 9.17) is 10.7 Å². The van der Waals surface area contributed by atoms with Gasteiger partial charge in [0.15, 0.2) is 0 Å². The van der Waals surface area contributed by atoms with Crippen LogP contribution < -0.4 is 5.73 Å². The molecule has 2 N–H and O–H groups in total. The Balaban J connectivity index is 1.73. The molecular weight excluding hydrogens is 372 g/mol. The van der Waals surface area contributed by atoms with Crippen LogP contribution in [0, 0.1) is 10.1 Å². The molecule has 0 atom stereocenters. The van der Waals surface area contributed by atoms with Crippen LogP contribution in [-0.4, -0.2) is 56.2 Å². The van der Waals surface area contributed by atoms with E-state index in [1.807, 2.05) is 27.6 Å². The summed E-state index contributed by atoms with van der Waals surface area (Å²) in [5.74, 6) is 0.0875. The van der Waals surface area contributed by atoms with Gasteiger partial charge in [-0.05, 0) is 12.1 Å². The Labute approximate surface area is 167 Å². The molecule has 3 heterocycles. The van der Waals surface area contributed by atoms with Crippen LogP contribution in [0.3, 0.4) is 0 Å². The standard InChI is InChI=1S/C20H22N6O3/c1-14(27)24-9-7-23(8-10-24)13-18-20(15-3-2-4-17(11-15)26(28)29)22-19-6-5-16(21)12-25(18)19/h2-6,11-12H,7-10,13,21H2,1H3. The summed E-state index contributed by atoms with van der Waals surface area (Å²) >= 11 is 0. The Bertz CT molecular complexity index is 1090. The van der Waals surface area contributed by atoms with Crippen LogP contribution in [0.5, 0.6) is 0 Å². The van der Waals surface area contributed by atoms with Gasteiger partial charge in [0.25, 0.3) is 5.69 Å². The number of benzene rings is 1. The molecule has 0 unspecified atom stereocenters. The first-order valence-corrected chi connectivity index (χ1v) is 9.41. The second-order valence-corrected chi connectivity index (χ2v) is 7.19. The highest BCUT2D eigenvalue weighted by molar-refractivity contribution is 5.73. The second-order valence-electron chi connectivity index (χ2n) is 7.19. The Kier molecular flexibility index (Phi) is 4.89. The van der Waals surface area contributed by atoms with E-state index in [0.717, 1.165) is 24.4 Å². The first-order chi connectivity index (χ1) is 13.9. The SMILES string of the molecule is CC(=O)N1CCN(Cc2c(-c3cccc([N+](=O)[O-])c3)nc3ccc(N)cn23)CC1. The van der Waals surface area contributed by atoms with E-state index in [-0.39, 0.29) is 11.6 Å². The highest BCUT2D eigenvalue weighted by Gasteiger charge is 2.23. The largest absolute Gasteiger partial charge is 0.398 e. The fourth-order valence-corrected chi connectivity index (χ4v) is 3.69. The summed E-state index contributed by atoms with van der Waals surface area (Å²) in [6.45, 7) is 5.06. The number of carbonyl (C=O) groups excluding carboxylic acids is 1. The Morgan fingerprint density at radius 2 is 1.97 bits per heavy atom. The minimum atomic E-state index is -0.405. The molecule has 9 heteroatoms. The Hall–Kier alpha value is -3.46. The van der Waals surface area contributed by atoms with Crippen molar-refractivity contribution in [3.05, 3.63) is 58.4 Å². The Morgan fingerprint density at radius 3 is 2.66 bits per heavy atom. The number of hydrogen-bond acceptors (Lipinski definition) is 6. The number of anilines is 1. The normalized spacial score (nSPS) is 15.0. The highest BCUT2D eigenvalue weighted by Crippen LogP contribution is 2.29. The lowest BCUT2D eigenvalue weighted by atomic mass is 10.1. The molecule has 0 bridgehead atoms. The van der Waals surface area contributed by atoms with Gasteiger partial charge in [-0.2, -0.15) is 0 Å². The number of fused-ring (bicyclic) bond motifs is 1. The van der Waals surface area contributed by atoms with Gasteiger partial charge in [-0.15, -0.1) is 0 Å². The predicted molar refractivity (Wildman–Crippen MR) is 109 cm³/mol. The maximum Gasteiger partial charge on any atom is 0.270 e. The van der Waals surface area contributed by atoms with E-state index in [2.05, 4.69) is 4.90 Å². The third-order valence-electron chi connectivity index (χ3n) is 5.26. The van der Waals surface area contributed by atoms with Crippen molar-refractivity contribution in [3.63, 3.8) is 0 Å². The molecule has 1 aliphatic heterocycles. The topological polar surface area (TPSA) is 110 Å². The number of pyridine rings is 1. The van der Waals surface area contributed by atoms with E-state index in [1.165, 1.54) is 6.07 Å². The van der Waals surface area contributed by atoms with Gasteiger partial charge in [-0.3, -0.25) is 19.8 Å². The first-order valence-electron chi connectivity index (χ1n) is 9.41. The van der Waals surface area contributed by atoms with Gasteiger partial charge in [-0.25, -0.2) is 4.98 Å². The van der Waals surface area contributed by atoms with Crippen molar-refractivity contribution in [2.75, 3.05) is 31.9 Å². The average molecular weight is 394 g/mol. The van der Waals surface area contributed by atoms with Crippen LogP contribution in [0.2, 0.25) is 0 Å². The van der Waals surface area contributed by atoms with Crippen LogP contribution in [0.25, 0.3) is 16.9 Å². The second kappa shape index (κ2) is 7.51. The number of carbonyl (C=O) groups is 1. The maximum absolute atomic E-state index is 11.6. The zero-order valence-electron chi connectivity index (χ0n) is 16.1. The van der Waals surface area contributed by atoms with Crippen molar-refractivity contribution in [2.45, 2.75) is 13.5 Å². The minimum absolute atomic E-state index is 0.0279. The van der Waals surface area contributed by atoms with E-state index in [0.29, 0.717) is 36.6 Å². The summed E-state index contributed by atoms with van der Waals surface area (Å²) in [4.78, 5) is 31.2. The van der Waals surface area contributed by atoms with Gasteiger partial charge in [0.1, 0.15) is 5.65 Å². The van der Waals surface area contributed by atoms with E-state index in [1.54, 1.807) is 25.1 Å². The zero-order chi connectivity index (χ0) is 20.5. The number of hydrogen-bond donors (Lipinski definition) is 1. The number of piperazine rings is 1. The third-order valence-corrected chi connectivity index (χ3v) is 5.26. The fourth-order valence-electron chi connectivity index (χ4n) is 3.69. The molecule has 3 aromatic rings. The number of rotatable bonds is 4. The summed E-state index contributed by atoms with van der Waals surface area (Å²) in [5, 5.41) is 11.2. The summed E-state index contributed by atoms with van der Waals surface area (Å²) in [5.41, 5.74) is 9.69. The molecule has 4 rings (SSSR count). The Morgan fingerprint density at radius 1 is 1.21 bits per heavy atom. The maximum atomic E-state index is 11.6. The molecule has 1 saturated heterocycles. The molecule has 150 valence electrons. The van der Waals surface area contributed by atoms with E-state index < -0.39 is 4.92 Å². The third kappa shape index (κ3) is 3.77. The molecule has 29 heavy (non-hydrogen) atoms. The number of nitrogens with two attached hydrogens (primary N) is 1. The average Bonchev–Trinajstić information content (AvgIpc) is 3.06. The summed E-state index contributed by atoms with van der Waals surface area (Å²) in [6.07, 6.45) is 1.82. The number of nitro groups is 1. The molecule has 1 fully saturated rings. The van der Waals surface area contributed by atoms with Crippen molar-refractivity contribution < 1.29 is 9.72 Å². The van der Waals surface area contributed by atoms with Crippen LogP contribution in [0.4, 0.5) is 11.4 Å². The van der Waals surface area contributed by atoms with Crippen LogP contribution in [0.15, 0.2) is 42.6 Å². The highest BCUT2D eigenvalue weighted by atomic mass is 16.6. The summed E-state index contributed by atoms with van der Waals surface area (Å²) < 4.78 is 1.95. The van der Waals surface area contributed by atoms with Gasteiger partial charge < -0.3 is 15.0 Å². The molecule has 0 aliphatic carbocycles. The van der Waals surface area contributed by atoms with E-state index >= 15 is 0 Å². The molecular formula is C20H22N6O3. The first kappa shape index (κ1) is 18.9. The number of amides is 1. The van der Waals surface area contributed by atoms with Gasteiger partial charge in [-0.1, -0.05) is 12.1 Å². The number of nitro benzene ring substituents is 1. The molecule has 2 aromatic heterocycles. The minimum Gasteiger partial charge on any atom is -0.398 e.